The molecule has 0 spiro atoms. The summed E-state index contributed by atoms with van der Waals surface area (Å²) in [5, 5.41) is 0. The predicted octanol–water partition coefficient (Wildman–Crippen LogP) is -1.73. The number of phosphoric acid groups is 2. The minimum Gasteiger partial charge on any atom is -0.302 e. The molecule has 0 saturated heterocycles. The van der Waals surface area contributed by atoms with Crippen LogP contribution in [0, 0.1) is 0 Å². The van der Waals surface area contributed by atoms with Gasteiger partial charge in [0.2, 0.25) is 0 Å². The van der Waals surface area contributed by atoms with Crippen molar-refractivity contribution in [3.63, 3.8) is 0 Å². The second-order valence-electron chi connectivity index (χ2n) is 1.06. The fourth-order valence-electron chi connectivity index (χ4n) is 0.139. The standard InChI is InChI=1S/Mg.H4O7P2.2H/c;1-8(2,3)7-9(4,5)6;;/h;(H2,1,2,3)(H2,4,5,6);;. The third-order valence-electron chi connectivity index (χ3n) is 0.213. The van der Waals surface area contributed by atoms with Crippen LogP contribution in [-0.4, -0.2) is 42.6 Å². The van der Waals surface area contributed by atoms with Gasteiger partial charge in [-0.1, -0.05) is 0 Å². The molecule has 0 atom stereocenters. The topological polar surface area (TPSA) is 124 Å². The lowest BCUT2D eigenvalue weighted by Crippen LogP contribution is -1.84. The molecule has 4 N–H and O–H groups in total. The molecule has 0 aromatic rings. The molecule has 0 bridgehead atoms. The molecule has 0 aliphatic carbocycles. The molecule has 0 amide bonds. The first-order valence-electron chi connectivity index (χ1n) is 1.53. The quantitative estimate of drug-likeness (QED) is 0.311. The van der Waals surface area contributed by atoms with E-state index in [1.54, 1.807) is 0 Å². The van der Waals surface area contributed by atoms with Gasteiger partial charge in [-0.05, 0) is 0 Å². The van der Waals surface area contributed by atoms with E-state index in [2.05, 4.69) is 4.31 Å². The van der Waals surface area contributed by atoms with Crippen molar-refractivity contribution >= 4 is 38.7 Å². The van der Waals surface area contributed by atoms with Gasteiger partial charge in [-0.3, -0.25) is 0 Å². The predicted molar refractivity (Wildman–Crippen MR) is 33.7 cm³/mol. The van der Waals surface area contributed by atoms with Crippen molar-refractivity contribution < 1.29 is 33.0 Å². The van der Waals surface area contributed by atoms with Crippen molar-refractivity contribution in [2.75, 3.05) is 0 Å². The second kappa shape index (κ2) is 4.15. The van der Waals surface area contributed by atoms with Crippen molar-refractivity contribution in [2.45, 2.75) is 0 Å². The van der Waals surface area contributed by atoms with Crippen molar-refractivity contribution in [1.29, 1.82) is 0 Å². The molecule has 10 heteroatoms. The molecule has 0 rings (SSSR count). The zero-order chi connectivity index (χ0) is 7.71. The molecule has 0 saturated carbocycles. The summed E-state index contributed by atoms with van der Waals surface area (Å²) >= 11 is 0. The zero-order valence-electron chi connectivity index (χ0n) is 3.91. The molecule has 0 heterocycles. The van der Waals surface area contributed by atoms with Gasteiger partial charge in [0.25, 0.3) is 0 Å². The Labute approximate surface area is 72.0 Å². The van der Waals surface area contributed by atoms with Gasteiger partial charge in [-0.15, -0.1) is 0 Å². The monoisotopic (exact) mass is 204 g/mol. The van der Waals surface area contributed by atoms with Gasteiger partial charge in [-0.2, -0.15) is 4.31 Å². The Morgan fingerprint density at radius 3 is 1.10 bits per heavy atom. The van der Waals surface area contributed by atoms with Gasteiger partial charge in [0.1, 0.15) is 0 Å². The van der Waals surface area contributed by atoms with E-state index in [1.807, 2.05) is 0 Å². The smallest absolute Gasteiger partial charge is 0.302 e. The summed E-state index contributed by atoms with van der Waals surface area (Å²) in [7, 11) is -10.1. The minimum absolute atomic E-state index is 0. The van der Waals surface area contributed by atoms with Gasteiger partial charge in [0.05, 0.1) is 0 Å². The van der Waals surface area contributed by atoms with E-state index in [-0.39, 0.29) is 23.1 Å². The fraction of sp³-hybridized carbons (Fsp3) is 0. The van der Waals surface area contributed by atoms with Gasteiger partial charge in [0, 0.05) is 0 Å². The van der Waals surface area contributed by atoms with Crippen LogP contribution in [0.15, 0.2) is 0 Å². The molecular formula is H6MgO7P2. The van der Waals surface area contributed by atoms with Crippen molar-refractivity contribution in [2.24, 2.45) is 0 Å². The van der Waals surface area contributed by atoms with Crippen LogP contribution in [-0.2, 0) is 13.4 Å². The Bertz CT molecular complexity index is 152. The highest BCUT2D eigenvalue weighted by atomic mass is 31.3. The van der Waals surface area contributed by atoms with Crippen LogP contribution < -0.4 is 0 Å². The maximum atomic E-state index is 9.63. The first-order valence-corrected chi connectivity index (χ1v) is 4.59. The molecule has 0 aliphatic heterocycles. The van der Waals surface area contributed by atoms with Crippen LogP contribution in [0.2, 0.25) is 0 Å². The average Bonchev–Trinajstić information content (AvgIpc) is 1.14. The molecule has 7 nitrogen and oxygen atoms in total. The fourth-order valence-corrected chi connectivity index (χ4v) is 1.25. The van der Waals surface area contributed by atoms with Crippen LogP contribution in [0.5, 0.6) is 0 Å². The first-order chi connectivity index (χ1) is 3.71. The number of rotatable bonds is 2. The van der Waals surface area contributed by atoms with Gasteiger partial charge < -0.3 is 19.6 Å². The lowest BCUT2D eigenvalue weighted by atomic mass is 15.7. The van der Waals surface area contributed by atoms with E-state index < -0.39 is 15.6 Å². The number of hydrogen-bond donors (Lipinski definition) is 4. The lowest BCUT2D eigenvalue weighted by molar-refractivity contribution is 0.225. The zero-order valence-corrected chi connectivity index (χ0v) is 5.70. The maximum absolute atomic E-state index is 9.63. The number of hydrogen-bond acceptors (Lipinski definition) is 3. The lowest BCUT2D eigenvalue weighted by Gasteiger charge is -2.03. The third-order valence-corrected chi connectivity index (χ3v) is 1.91. The van der Waals surface area contributed by atoms with Crippen molar-refractivity contribution in [3.05, 3.63) is 0 Å². The highest BCUT2D eigenvalue weighted by molar-refractivity contribution is 7.60. The van der Waals surface area contributed by atoms with Crippen LogP contribution in [0.25, 0.3) is 0 Å². The summed E-state index contributed by atoms with van der Waals surface area (Å²) in [4.78, 5) is 31.0. The Balaban J connectivity index is 0. The van der Waals surface area contributed by atoms with Crippen molar-refractivity contribution in [3.8, 4) is 0 Å². The largest absolute Gasteiger partial charge is 0.478 e. The van der Waals surface area contributed by atoms with Crippen LogP contribution in [0.3, 0.4) is 0 Å². The summed E-state index contributed by atoms with van der Waals surface area (Å²) in [6.07, 6.45) is 0. The van der Waals surface area contributed by atoms with Crippen molar-refractivity contribution in [1.82, 2.24) is 0 Å². The SMILES string of the molecule is O=P(O)(O)OP(=O)(O)O.[MgH2]. The summed E-state index contributed by atoms with van der Waals surface area (Å²) in [5.41, 5.74) is 0. The Hall–Kier alpha value is 1.03. The van der Waals surface area contributed by atoms with E-state index in [1.165, 1.54) is 0 Å². The van der Waals surface area contributed by atoms with Gasteiger partial charge >= 0.3 is 38.7 Å². The molecule has 0 aromatic carbocycles. The normalized spacial score (nSPS) is 12.4. The Morgan fingerprint density at radius 2 is 1.10 bits per heavy atom. The summed E-state index contributed by atoms with van der Waals surface area (Å²) < 4.78 is 22.2. The van der Waals surface area contributed by atoms with E-state index in [4.69, 9.17) is 19.6 Å². The minimum atomic E-state index is -5.05. The molecule has 0 aromatic heterocycles. The molecule has 0 radical (unpaired) electrons. The Kier molecular flexibility index (Phi) is 5.65. The van der Waals surface area contributed by atoms with E-state index in [9.17, 15) is 9.13 Å². The van der Waals surface area contributed by atoms with E-state index in [0.29, 0.717) is 0 Å². The van der Waals surface area contributed by atoms with Gasteiger partial charge in [0.15, 0.2) is 0 Å². The summed E-state index contributed by atoms with van der Waals surface area (Å²) in [5.74, 6) is 0. The maximum Gasteiger partial charge on any atom is 0.478 e. The van der Waals surface area contributed by atoms with Crippen LogP contribution in [0.1, 0.15) is 0 Å². The molecule has 0 fully saturated rings. The van der Waals surface area contributed by atoms with E-state index in [0.717, 1.165) is 0 Å². The third kappa shape index (κ3) is 11.8. The molecule has 0 aliphatic rings. The molecule has 60 valence electrons. The highest BCUT2D eigenvalue weighted by Gasteiger charge is 2.27. The van der Waals surface area contributed by atoms with Crippen LogP contribution in [0.4, 0.5) is 0 Å². The van der Waals surface area contributed by atoms with E-state index >= 15 is 0 Å². The molecular weight excluding hydrogens is 198 g/mol. The Morgan fingerprint density at radius 1 is 0.900 bits per heavy atom. The molecule has 10 heavy (non-hydrogen) atoms. The highest BCUT2D eigenvalue weighted by Crippen LogP contribution is 2.53. The summed E-state index contributed by atoms with van der Waals surface area (Å²) in [6.45, 7) is 0. The summed E-state index contributed by atoms with van der Waals surface area (Å²) in [6, 6.07) is 0. The van der Waals surface area contributed by atoms with Crippen LogP contribution >= 0.6 is 15.6 Å². The first kappa shape index (κ1) is 13.6. The van der Waals surface area contributed by atoms with Gasteiger partial charge in [-0.25, -0.2) is 9.13 Å². The average molecular weight is 204 g/mol. The molecule has 0 unspecified atom stereocenters. The second-order valence-corrected chi connectivity index (χ2v) is 3.68.